The number of aliphatic hydroxyl groups excluding tert-OH is 4. The third kappa shape index (κ3) is 1.89. The van der Waals surface area contributed by atoms with Crippen LogP contribution < -0.4 is 0 Å². The maximum absolute atomic E-state index is 11.0. The molecule has 0 aromatic carbocycles. The van der Waals surface area contributed by atoms with E-state index in [1.54, 1.807) is 0 Å². The number of carbonyl (C=O) groups excluding carboxylic acids is 1. The van der Waals surface area contributed by atoms with Gasteiger partial charge in [-0.2, -0.15) is 0 Å². The van der Waals surface area contributed by atoms with E-state index in [1.165, 1.54) is 0 Å². The van der Waals surface area contributed by atoms with Crippen molar-refractivity contribution >= 4 is 5.78 Å². The van der Waals surface area contributed by atoms with E-state index < -0.39 is 42.6 Å². The second-order valence-electron chi connectivity index (χ2n) is 3.52. The number of carbonyl (C=O) groups is 1. The zero-order valence-corrected chi connectivity index (χ0v) is 8.07. The first-order chi connectivity index (χ1) is 6.84. The van der Waals surface area contributed by atoms with Crippen LogP contribution in [0.2, 0.25) is 0 Å². The summed E-state index contributed by atoms with van der Waals surface area (Å²) < 4.78 is 4.68. The average Bonchev–Trinajstić information content (AvgIpc) is 2.20. The third-order valence-electron chi connectivity index (χ3n) is 2.47. The molecule has 0 saturated carbocycles. The fourth-order valence-corrected chi connectivity index (χ4v) is 1.44. The molecule has 1 aliphatic heterocycles. The van der Waals surface area contributed by atoms with Gasteiger partial charge < -0.3 is 30.3 Å². The molecule has 1 heterocycles. The molecular weight excluding hydrogens is 208 g/mol. The molecule has 1 aliphatic rings. The minimum atomic E-state index is -2.59. The smallest absolute Gasteiger partial charge is 0.256 e. The minimum absolute atomic E-state index is 0.694. The summed E-state index contributed by atoms with van der Waals surface area (Å²) in [5.74, 6) is -3.51. The Morgan fingerprint density at radius 3 is 2.27 bits per heavy atom. The van der Waals surface area contributed by atoms with E-state index in [2.05, 4.69) is 4.74 Å². The molecule has 15 heavy (non-hydrogen) atoms. The van der Waals surface area contributed by atoms with Gasteiger partial charge in [0.1, 0.15) is 24.4 Å². The molecule has 7 heteroatoms. The Hall–Kier alpha value is -0.570. The maximum Gasteiger partial charge on any atom is 0.256 e. The monoisotopic (exact) mass is 222 g/mol. The Bertz CT molecular complexity index is 253. The summed E-state index contributed by atoms with van der Waals surface area (Å²) >= 11 is 0. The van der Waals surface area contributed by atoms with Crippen LogP contribution in [-0.2, 0) is 9.53 Å². The van der Waals surface area contributed by atoms with Crippen molar-refractivity contribution in [2.45, 2.75) is 37.1 Å². The van der Waals surface area contributed by atoms with Gasteiger partial charge in [0, 0.05) is 6.92 Å². The van der Waals surface area contributed by atoms with Gasteiger partial charge in [0.15, 0.2) is 5.78 Å². The van der Waals surface area contributed by atoms with Crippen molar-refractivity contribution in [3.05, 3.63) is 0 Å². The number of ketones is 1. The number of hydrogen-bond acceptors (Lipinski definition) is 7. The molecular formula is C8H14O7. The van der Waals surface area contributed by atoms with Gasteiger partial charge in [-0.3, -0.25) is 4.79 Å². The van der Waals surface area contributed by atoms with Crippen LogP contribution in [0.1, 0.15) is 6.92 Å². The molecule has 0 radical (unpaired) electrons. The highest BCUT2D eigenvalue weighted by molar-refractivity contribution is 5.84. The number of hydrogen-bond donors (Lipinski definition) is 5. The molecule has 1 unspecified atom stereocenters. The minimum Gasteiger partial charge on any atom is -0.394 e. The van der Waals surface area contributed by atoms with Crippen molar-refractivity contribution in [1.82, 2.24) is 0 Å². The number of rotatable bonds is 2. The summed E-state index contributed by atoms with van der Waals surface area (Å²) in [5.41, 5.74) is 0. The lowest BCUT2D eigenvalue weighted by molar-refractivity contribution is -0.330. The topological polar surface area (TPSA) is 127 Å². The maximum atomic E-state index is 11.0. The lowest BCUT2D eigenvalue weighted by Gasteiger charge is -2.43. The molecule has 0 aromatic rings. The molecule has 0 amide bonds. The Balaban J connectivity index is 2.97. The van der Waals surface area contributed by atoms with E-state index in [9.17, 15) is 25.2 Å². The van der Waals surface area contributed by atoms with E-state index in [0.717, 1.165) is 6.92 Å². The quantitative estimate of drug-likeness (QED) is 0.332. The van der Waals surface area contributed by atoms with Crippen LogP contribution in [0.3, 0.4) is 0 Å². The molecule has 5 atom stereocenters. The third-order valence-corrected chi connectivity index (χ3v) is 2.47. The van der Waals surface area contributed by atoms with E-state index in [1.807, 2.05) is 0 Å². The van der Waals surface area contributed by atoms with Crippen LogP contribution in [0.25, 0.3) is 0 Å². The molecule has 0 bridgehead atoms. The van der Waals surface area contributed by atoms with Gasteiger partial charge in [-0.25, -0.2) is 0 Å². The molecule has 1 fully saturated rings. The van der Waals surface area contributed by atoms with Crippen LogP contribution in [-0.4, -0.2) is 68.1 Å². The van der Waals surface area contributed by atoms with Crippen LogP contribution >= 0.6 is 0 Å². The number of aliphatic hydroxyl groups is 5. The van der Waals surface area contributed by atoms with Crippen LogP contribution in [0, 0.1) is 0 Å². The first kappa shape index (κ1) is 12.5. The van der Waals surface area contributed by atoms with Gasteiger partial charge in [0.25, 0.3) is 5.79 Å². The Morgan fingerprint density at radius 2 is 1.87 bits per heavy atom. The summed E-state index contributed by atoms with van der Waals surface area (Å²) in [6.45, 7) is 0.266. The van der Waals surface area contributed by atoms with Crippen molar-refractivity contribution in [2.75, 3.05) is 6.61 Å². The highest BCUT2D eigenvalue weighted by Crippen LogP contribution is 2.28. The summed E-state index contributed by atoms with van der Waals surface area (Å²) in [7, 11) is 0. The summed E-state index contributed by atoms with van der Waals surface area (Å²) in [5, 5.41) is 46.4. The predicted octanol–water partition coefficient (Wildman–Crippen LogP) is -3.26. The zero-order chi connectivity index (χ0) is 11.8. The summed E-state index contributed by atoms with van der Waals surface area (Å²) in [4.78, 5) is 11.0. The highest BCUT2D eigenvalue weighted by Gasteiger charge is 2.55. The van der Waals surface area contributed by atoms with Crippen molar-refractivity contribution in [2.24, 2.45) is 0 Å². The first-order valence-electron chi connectivity index (χ1n) is 4.41. The normalized spacial score (nSPS) is 46.5. The van der Waals surface area contributed by atoms with Gasteiger partial charge in [-0.15, -0.1) is 0 Å². The van der Waals surface area contributed by atoms with Crippen molar-refractivity contribution in [1.29, 1.82) is 0 Å². The molecule has 0 aliphatic carbocycles. The van der Waals surface area contributed by atoms with Gasteiger partial charge in [0.05, 0.1) is 6.61 Å². The molecule has 1 saturated heterocycles. The van der Waals surface area contributed by atoms with E-state index in [4.69, 9.17) is 5.11 Å². The molecule has 7 nitrogen and oxygen atoms in total. The van der Waals surface area contributed by atoms with Gasteiger partial charge in [-0.05, 0) is 0 Å². The molecule has 1 rings (SSSR count). The van der Waals surface area contributed by atoms with E-state index in [0.29, 0.717) is 0 Å². The first-order valence-corrected chi connectivity index (χ1v) is 4.41. The molecule has 0 spiro atoms. The second kappa shape index (κ2) is 4.12. The van der Waals surface area contributed by atoms with Gasteiger partial charge in [-0.1, -0.05) is 0 Å². The second-order valence-corrected chi connectivity index (χ2v) is 3.52. The molecule has 5 N–H and O–H groups in total. The SMILES string of the molecule is CC(=O)C1(O)O[C@H](CO)[C@@H](O)[C@H](O)[C@@H]1O. The zero-order valence-electron chi connectivity index (χ0n) is 8.07. The number of ether oxygens (including phenoxy) is 1. The van der Waals surface area contributed by atoms with Gasteiger partial charge >= 0.3 is 0 Å². The largest absolute Gasteiger partial charge is 0.394 e. The number of Topliss-reactive ketones (excluding diaryl/α,β-unsaturated/α-hetero) is 1. The Morgan fingerprint density at radius 1 is 1.33 bits per heavy atom. The van der Waals surface area contributed by atoms with Crippen molar-refractivity contribution in [3.8, 4) is 0 Å². The van der Waals surface area contributed by atoms with E-state index in [-0.39, 0.29) is 0 Å². The van der Waals surface area contributed by atoms with Gasteiger partial charge in [0.2, 0.25) is 0 Å². The molecule has 88 valence electrons. The lowest BCUT2D eigenvalue weighted by atomic mass is 9.90. The summed E-state index contributed by atoms with van der Waals surface area (Å²) in [6.07, 6.45) is -6.60. The fraction of sp³-hybridized carbons (Fsp3) is 0.875. The van der Waals surface area contributed by atoms with Crippen molar-refractivity contribution in [3.63, 3.8) is 0 Å². The predicted molar refractivity (Wildman–Crippen MR) is 45.6 cm³/mol. The summed E-state index contributed by atoms with van der Waals surface area (Å²) in [6, 6.07) is 0. The molecule has 0 aromatic heterocycles. The Labute approximate surface area is 85.5 Å². The van der Waals surface area contributed by atoms with Crippen LogP contribution in [0.4, 0.5) is 0 Å². The van der Waals surface area contributed by atoms with Crippen LogP contribution in [0.5, 0.6) is 0 Å². The van der Waals surface area contributed by atoms with Crippen LogP contribution in [0.15, 0.2) is 0 Å². The average molecular weight is 222 g/mol. The fourth-order valence-electron chi connectivity index (χ4n) is 1.44. The lowest BCUT2D eigenvalue weighted by Crippen LogP contribution is -2.67. The highest BCUT2D eigenvalue weighted by atomic mass is 16.7. The standard InChI is InChI=1S/C8H14O7/c1-3(10)8(14)7(13)6(12)5(11)4(2-9)15-8/h4-7,9,11-14H,2H2,1H3/t4-,5-,6+,7+,8?/m1/s1. The van der Waals surface area contributed by atoms with Crippen molar-refractivity contribution < 1.29 is 35.1 Å². The van der Waals surface area contributed by atoms with E-state index >= 15 is 0 Å². The Kier molecular flexibility index (Phi) is 3.44.